The van der Waals surface area contributed by atoms with Crippen LogP contribution in [0.25, 0.3) is 0 Å². The molecule has 0 heterocycles. The Labute approximate surface area is 114 Å². The zero-order valence-electron chi connectivity index (χ0n) is 11.6. The van der Waals surface area contributed by atoms with Crippen LogP contribution in [0.15, 0.2) is 24.3 Å². The number of non-ortho nitro benzene ring substituents is 1. The molecule has 0 amide bonds. The highest BCUT2D eigenvalue weighted by Gasteiger charge is 2.24. The van der Waals surface area contributed by atoms with Gasteiger partial charge in [0.05, 0.1) is 4.92 Å². The molecule has 0 bridgehead atoms. The van der Waals surface area contributed by atoms with E-state index in [1.54, 1.807) is 18.2 Å². The largest absolute Gasteiger partial charge is 0.307 e. The predicted octanol–water partition coefficient (Wildman–Crippen LogP) is 3.82. The Bertz CT molecular complexity index is 444. The van der Waals surface area contributed by atoms with Crippen molar-refractivity contribution in [3.63, 3.8) is 0 Å². The number of hydrogen-bond acceptors (Lipinski definition) is 3. The summed E-state index contributed by atoms with van der Waals surface area (Å²) in [5.74, 6) is 0.894. The number of hydrogen-bond donors (Lipinski definition) is 1. The molecule has 1 aromatic rings. The number of nitrogens with zero attached hydrogens (tertiary/aromatic N) is 1. The molecule has 0 saturated heterocycles. The van der Waals surface area contributed by atoms with Gasteiger partial charge >= 0.3 is 0 Å². The van der Waals surface area contributed by atoms with E-state index in [0.717, 1.165) is 17.9 Å². The van der Waals surface area contributed by atoms with Gasteiger partial charge in [0, 0.05) is 24.2 Å². The van der Waals surface area contributed by atoms with E-state index in [1.807, 2.05) is 6.07 Å². The summed E-state index contributed by atoms with van der Waals surface area (Å²) < 4.78 is 0. The van der Waals surface area contributed by atoms with Crippen LogP contribution in [0.4, 0.5) is 5.69 Å². The van der Waals surface area contributed by atoms with Gasteiger partial charge in [-0.3, -0.25) is 10.1 Å². The molecule has 2 unspecified atom stereocenters. The minimum absolute atomic E-state index is 0.174. The highest BCUT2D eigenvalue weighted by Crippen LogP contribution is 2.34. The molecular weight excluding hydrogens is 240 g/mol. The van der Waals surface area contributed by atoms with Crippen molar-refractivity contribution < 1.29 is 4.92 Å². The summed E-state index contributed by atoms with van der Waals surface area (Å²) in [6.45, 7) is 4.32. The number of rotatable bonds is 7. The van der Waals surface area contributed by atoms with Gasteiger partial charge in [-0.15, -0.1) is 0 Å². The van der Waals surface area contributed by atoms with Crippen LogP contribution >= 0.6 is 0 Å². The topological polar surface area (TPSA) is 55.2 Å². The smallest absolute Gasteiger partial charge is 0.269 e. The third-order valence-corrected chi connectivity index (χ3v) is 3.76. The maximum atomic E-state index is 10.8. The summed E-state index contributed by atoms with van der Waals surface area (Å²) in [4.78, 5) is 10.5. The van der Waals surface area contributed by atoms with Gasteiger partial charge in [-0.2, -0.15) is 0 Å². The Balaban J connectivity index is 2.02. The van der Waals surface area contributed by atoms with Crippen molar-refractivity contribution in [3.8, 4) is 0 Å². The van der Waals surface area contributed by atoms with Crippen molar-refractivity contribution in [1.29, 1.82) is 0 Å². The summed E-state index contributed by atoms with van der Waals surface area (Å²) in [7, 11) is 0. The first-order valence-electron chi connectivity index (χ1n) is 7.10. The first kappa shape index (κ1) is 14.0. The van der Waals surface area contributed by atoms with Gasteiger partial charge in [-0.1, -0.05) is 31.9 Å². The average molecular weight is 262 g/mol. The Morgan fingerprint density at radius 3 is 2.79 bits per heavy atom. The monoisotopic (exact) mass is 262 g/mol. The second-order valence-corrected chi connectivity index (χ2v) is 5.56. The van der Waals surface area contributed by atoms with Crippen LogP contribution < -0.4 is 5.32 Å². The van der Waals surface area contributed by atoms with E-state index in [9.17, 15) is 10.1 Å². The average Bonchev–Trinajstić information content (AvgIpc) is 3.20. The molecule has 1 saturated carbocycles. The first-order valence-corrected chi connectivity index (χ1v) is 7.10. The van der Waals surface area contributed by atoms with E-state index in [-0.39, 0.29) is 16.7 Å². The van der Waals surface area contributed by atoms with Crippen molar-refractivity contribution in [2.45, 2.75) is 51.6 Å². The van der Waals surface area contributed by atoms with Crippen molar-refractivity contribution in [2.75, 3.05) is 0 Å². The van der Waals surface area contributed by atoms with E-state index < -0.39 is 0 Å². The fourth-order valence-electron chi connectivity index (χ4n) is 2.57. The number of nitro groups is 1. The first-order chi connectivity index (χ1) is 9.10. The zero-order valence-corrected chi connectivity index (χ0v) is 11.6. The minimum atomic E-state index is -0.330. The minimum Gasteiger partial charge on any atom is -0.307 e. The van der Waals surface area contributed by atoms with Crippen LogP contribution in [0.3, 0.4) is 0 Å². The highest BCUT2D eigenvalue weighted by atomic mass is 16.6. The normalized spacial score (nSPS) is 18.0. The molecule has 2 rings (SSSR count). The van der Waals surface area contributed by atoms with Crippen molar-refractivity contribution in [1.82, 2.24) is 5.32 Å². The van der Waals surface area contributed by atoms with Gasteiger partial charge in [-0.25, -0.2) is 0 Å². The molecule has 4 nitrogen and oxygen atoms in total. The molecule has 1 aromatic carbocycles. The molecule has 2 atom stereocenters. The third kappa shape index (κ3) is 4.03. The lowest BCUT2D eigenvalue weighted by Gasteiger charge is -2.22. The molecule has 0 radical (unpaired) electrons. The molecule has 104 valence electrons. The van der Waals surface area contributed by atoms with E-state index in [2.05, 4.69) is 19.2 Å². The van der Waals surface area contributed by atoms with E-state index in [0.29, 0.717) is 6.04 Å². The Kier molecular flexibility index (Phi) is 4.53. The second-order valence-electron chi connectivity index (χ2n) is 5.56. The highest BCUT2D eigenvalue weighted by molar-refractivity contribution is 5.35. The van der Waals surface area contributed by atoms with Crippen LogP contribution in [-0.4, -0.2) is 11.0 Å². The SMILES string of the molecule is CCC(NC(C)CC1CC1)c1cccc([N+](=O)[O-])c1. The standard InChI is InChI=1S/C15H22N2O2/c1-3-15(16-11(2)9-12-7-8-12)13-5-4-6-14(10-13)17(18)19/h4-6,10-12,15-16H,3,7-9H2,1-2H3. The molecular formula is C15H22N2O2. The molecule has 1 aliphatic carbocycles. The van der Waals surface area contributed by atoms with Gasteiger partial charge in [0.15, 0.2) is 0 Å². The summed E-state index contributed by atoms with van der Waals surface area (Å²) in [5, 5.41) is 14.4. The summed E-state index contributed by atoms with van der Waals surface area (Å²) in [6.07, 6.45) is 4.88. The van der Waals surface area contributed by atoms with Crippen LogP contribution in [-0.2, 0) is 0 Å². The van der Waals surface area contributed by atoms with Crippen molar-refractivity contribution in [3.05, 3.63) is 39.9 Å². The fraction of sp³-hybridized carbons (Fsp3) is 0.600. The summed E-state index contributed by atoms with van der Waals surface area (Å²) >= 11 is 0. The molecule has 1 aliphatic rings. The maximum Gasteiger partial charge on any atom is 0.269 e. The molecule has 19 heavy (non-hydrogen) atoms. The molecule has 4 heteroatoms. The van der Waals surface area contributed by atoms with Gasteiger partial charge in [0.2, 0.25) is 0 Å². The number of benzene rings is 1. The fourth-order valence-corrected chi connectivity index (χ4v) is 2.57. The van der Waals surface area contributed by atoms with E-state index in [1.165, 1.54) is 19.3 Å². The predicted molar refractivity (Wildman–Crippen MR) is 76.1 cm³/mol. The third-order valence-electron chi connectivity index (χ3n) is 3.76. The Hall–Kier alpha value is -1.42. The lowest BCUT2D eigenvalue weighted by atomic mass is 10.0. The van der Waals surface area contributed by atoms with Gasteiger partial charge in [0.25, 0.3) is 5.69 Å². The molecule has 1 N–H and O–H groups in total. The van der Waals surface area contributed by atoms with Gasteiger partial charge in [0.1, 0.15) is 0 Å². The number of nitrogens with one attached hydrogen (secondary N) is 1. The molecule has 1 fully saturated rings. The Morgan fingerprint density at radius 2 is 2.21 bits per heavy atom. The van der Waals surface area contributed by atoms with Crippen LogP contribution in [0.2, 0.25) is 0 Å². The van der Waals surface area contributed by atoms with Crippen molar-refractivity contribution >= 4 is 5.69 Å². The zero-order chi connectivity index (χ0) is 13.8. The van der Waals surface area contributed by atoms with Crippen LogP contribution in [0, 0.1) is 16.0 Å². The van der Waals surface area contributed by atoms with E-state index in [4.69, 9.17) is 0 Å². The summed E-state index contributed by atoms with van der Waals surface area (Å²) in [6, 6.07) is 7.64. The quantitative estimate of drug-likeness (QED) is 0.600. The molecule has 0 aromatic heterocycles. The summed E-state index contributed by atoms with van der Waals surface area (Å²) in [5.41, 5.74) is 1.19. The van der Waals surface area contributed by atoms with Gasteiger partial charge in [-0.05, 0) is 31.2 Å². The molecule has 0 spiro atoms. The number of nitro benzene ring substituents is 1. The maximum absolute atomic E-state index is 10.8. The van der Waals surface area contributed by atoms with Crippen molar-refractivity contribution in [2.24, 2.45) is 5.92 Å². The van der Waals surface area contributed by atoms with Crippen LogP contribution in [0.1, 0.15) is 51.1 Å². The second kappa shape index (κ2) is 6.15. The molecule has 0 aliphatic heterocycles. The Morgan fingerprint density at radius 1 is 1.47 bits per heavy atom. The lowest BCUT2D eigenvalue weighted by molar-refractivity contribution is -0.384. The van der Waals surface area contributed by atoms with Crippen LogP contribution in [0.5, 0.6) is 0 Å². The lowest BCUT2D eigenvalue weighted by Crippen LogP contribution is -2.30. The van der Waals surface area contributed by atoms with E-state index >= 15 is 0 Å². The van der Waals surface area contributed by atoms with Gasteiger partial charge < -0.3 is 5.32 Å².